The van der Waals surface area contributed by atoms with Crippen LogP contribution in [0.1, 0.15) is 22.1 Å². The van der Waals surface area contributed by atoms with Gasteiger partial charge in [-0.15, -0.1) is 0 Å². The van der Waals surface area contributed by atoms with Gasteiger partial charge in [-0.3, -0.25) is 9.36 Å². The summed E-state index contributed by atoms with van der Waals surface area (Å²) in [4.78, 5) is 26.4. The number of hydrogen-bond donors (Lipinski definition) is 4. The maximum absolute atomic E-state index is 13.2. The van der Waals surface area contributed by atoms with Gasteiger partial charge in [-0.1, -0.05) is 30.3 Å². The first-order valence-electron chi connectivity index (χ1n) is 12.0. The molecule has 0 radical (unpaired) electrons. The van der Waals surface area contributed by atoms with Crippen LogP contribution in [0.15, 0.2) is 61.2 Å². The molecule has 0 unspecified atom stereocenters. The Morgan fingerprint density at radius 2 is 1.82 bits per heavy atom. The van der Waals surface area contributed by atoms with Gasteiger partial charge in [0.25, 0.3) is 5.91 Å². The van der Waals surface area contributed by atoms with Crippen LogP contribution in [0.2, 0.25) is 0 Å². The Kier molecular flexibility index (Phi) is 7.36. The molecule has 3 heterocycles. The first-order valence-corrected chi connectivity index (χ1v) is 12.0. The lowest BCUT2D eigenvalue weighted by Gasteiger charge is -2.23. The molecule has 4 atom stereocenters. The Bertz CT molecular complexity index is 1390. The van der Waals surface area contributed by atoms with Crippen LogP contribution in [0.4, 0.5) is 5.82 Å². The van der Waals surface area contributed by atoms with Crippen LogP contribution >= 0.6 is 0 Å². The van der Waals surface area contributed by atoms with Crippen LogP contribution in [-0.4, -0.2) is 74.7 Å². The van der Waals surface area contributed by atoms with Crippen molar-refractivity contribution >= 4 is 22.9 Å². The van der Waals surface area contributed by atoms with E-state index in [1.54, 1.807) is 22.8 Å². The van der Waals surface area contributed by atoms with E-state index in [1.165, 1.54) is 26.9 Å². The van der Waals surface area contributed by atoms with Crippen molar-refractivity contribution in [2.45, 2.75) is 31.0 Å². The standard InChI is InChI=1S/C26H28N6O6/c1-36-17-8-16(9-18(10-17)37-2)25(35)31-20-22(34)19(12-33)38-26(20)32-14-30-21-23(28-13-29-24(21)32)27-11-15-6-4-3-5-7-15/h3-10,13-14,19-20,22,26,33-34H,11-12H2,1-2H3,(H,31,35)(H,27,28,29)/t19-,20-,22-,26-/m1/s1. The number of amides is 1. The summed E-state index contributed by atoms with van der Waals surface area (Å²) >= 11 is 0. The van der Waals surface area contributed by atoms with E-state index in [1.807, 2.05) is 30.3 Å². The molecule has 1 fully saturated rings. The van der Waals surface area contributed by atoms with E-state index in [0.29, 0.717) is 35.0 Å². The van der Waals surface area contributed by atoms with Gasteiger partial charge in [-0.25, -0.2) is 15.0 Å². The molecule has 0 aliphatic carbocycles. The number of methoxy groups -OCH3 is 2. The second-order valence-electron chi connectivity index (χ2n) is 8.72. The Balaban J connectivity index is 1.43. The first kappa shape index (κ1) is 25.4. The predicted octanol–water partition coefficient (Wildman–Crippen LogP) is 1.50. The highest BCUT2D eigenvalue weighted by atomic mass is 16.5. The van der Waals surface area contributed by atoms with Crippen molar-refractivity contribution in [3.8, 4) is 11.5 Å². The summed E-state index contributed by atoms with van der Waals surface area (Å²) < 4.78 is 18.1. The van der Waals surface area contributed by atoms with Gasteiger partial charge in [0.1, 0.15) is 36.1 Å². The highest BCUT2D eigenvalue weighted by Gasteiger charge is 2.46. The molecular formula is C26H28N6O6. The van der Waals surface area contributed by atoms with Gasteiger partial charge in [0.05, 0.1) is 27.2 Å². The largest absolute Gasteiger partial charge is 0.497 e. The third-order valence-corrected chi connectivity index (χ3v) is 6.40. The number of hydrogen-bond acceptors (Lipinski definition) is 10. The minimum Gasteiger partial charge on any atom is -0.497 e. The van der Waals surface area contributed by atoms with Crippen molar-refractivity contribution < 1.29 is 29.2 Å². The van der Waals surface area contributed by atoms with E-state index in [2.05, 4.69) is 25.6 Å². The summed E-state index contributed by atoms with van der Waals surface area (Å²) in [7, 11) is 2.98. The molecule has 1 aliphatic heterocycles. The highest BCUT2D eigenvalue weighted by molar-refractivity contribution is 5.95. The van der Waals surface area contributed by atoms with Crippen LogP contribution in [0.3, 0.4) is 0 Å². The lowest BCUT2D eigenvalue weighted by molar-refractivity contribution is -0.0440. The smallest absolute Gasteiger partial charge is 0.252 e. The maximum Gasteiger partial charge on any atom is 0.252 e. The predicted molar refractivity (Wildman–Crippen MR) is 137 cm³/mol. The zero-order chi connectivity index (χ0) is 26.6. The SMILES string of the molecule is COc1cc(OC)cc(C(=O)N[C@@H]2[C@H](O)[C@@H](CO)O[C@H]2n2cnc3c(NCc4ccccc4)ncnc32)c1. The topological polar surface area (TPSA) is 153 Å². The Morgan fingerprint density at radius 1 is 1.08 bits per heavy atom. The molecule has 198 valence electrons. The lowest BCUT2D eigenvalue weighted by Crippen LogP contribution is -2.46. The molecule has 5 rings (SSSR count). The van der Waals surface area contributed by atoms with Crippen LogP contribution in [-0.2, 0) is 11.3 Å². The van der Waals surface area contributed by atoms with Crippen molar-refractivity contribution in [2.75, 3.05) is 26.1 Å². The van der Waals surface area contributed by atoms with E-state index in [9.17, 15) is 15.0 Å². The summed E-state index contributed by atoms with van der Waals surface area (Å²) in [5.41, 5.74) is 2.28. The van der Waals surface area contributed by atoms with Gasteiger partial charge in [0, 0.05) is 18.2 Å². The Hall–Kier alpha value is -4.26. The molecule has 0 bridgehead atoms. The molecular weight excluding hydrogens is 492 g/mol. The van der Waals surface area contributed by atoms with Crippen LogP contribution < -0.4 is 20.1 Å². The Morgan fingerprint density at radius 3 is 2.50 bits per heavy atom. The number of fused-ring (bicyclic) bond motifs is 1. The number of benzene rings is 2. The number of ether oxygens (including phenoxy) is 3. The van der Waals surface area contributed by atoms with E-state index < -0.39 is 37.0 Å². The van der Waals surface area contributed by atoms with E-state index >= 15 is 0 Å². The molecule has 1 saturated heterocycles. The van der Waals surface area contributed by atoms with Gasteiger partial charge >= 0.3 is 0 Å². The third-order valence-electron chi connectivity index (χ3n) is 6.40. The quantitative estimate of drug-likeness (QED) is 0.255. The molecule has 1 amide bonds. The van der Waals surface area contributed by atoms with Crippen molar-refractivity contribution in [3.05, 3.63) is 72.3 Å². The highest BCUT2D eigenvalue weighted by Crippen LogP contribution is 2.33. The third kappa shape index (κ3) is 4.96. The van der Waals surface area contributed by atoms with E-state index in [-0.39, 0.29) is 5.56 Å². The second-order valence-corrected chi connectivity index (χ2v) is 8.72. The summed E-state index contributed by atoms with van der Waals surface area (Å²) in [6.45, 7) is 0.0935. The molecule has 1 aliphatic rings. The fourth-order valence-electron chi connectivity index (χ4n) is 4.41. The number of nitrogens with one attached hydrogen (secondary N) is 2. The zero-order valence-corrected chi connectivity index (χ0v) is 20.8. The Labute approximate surface area is 218 Å². The van der Waals surface area contributed by atoms with Crippen molar-refractivity contribution in [3.63, 3.8) is 0 Å². The number of imidazole rings is 1. The van der Waals surface area contributed by atoms with E-state index in [0.717, 1.165) is 5.56 Å². The number of nitrogens with zero attached hydrogens (tertiary/aromatic N) is 4. The van der Waals surface area contributed by atoms with Crippen molar-refractivity contribution in [2.24, 2.45) is 0 Å². The monoisotopic (exact) mass is 520 g/mol. The number of aliphatic hydroxyl groups excluding tert-OH is 2. The van der Waals surface area contributed by atoms with Gasteiger partial charge in [0.2, 0.25) is 0 Å². The minimum absolute atomic E-state index is 0.268. The van der Waals surface area contributed by atoms with Crippen LogP contribution in [0.25, 0.3) is 11.2 Å². The van der Waals surface area contributed by atoms with Crippen LogP contribution in [0.5, 0.6) is 11.5 Å². The molecule has 2 aromatic carbocycles. The van der Waals surface area contributed by atoms with Gasteiger partial charge < -0.3 is 35.1 Å². The average Bonchev–Trinajstić information content (AvgIpc) is 3.53. The molecule has 0 spiro atoms. The molecule has 2 aromatic heterocycles. The normalized spacial score (nSPS) is 20.8. The molecule has 38 heavy (non-hydrogen) atoms. The number of carbonyl (C=O) groups is 1. The number of carbonyl (C=O) groups excluding carboxylic acids is 1. The number of rotatable bonds is 9. The van der Waals surface area contributed by atoms with Crippen molar-refractivity contribution in [1.29, 1.82) is 0 Å². The number of aromatic nitrogens is 4. The summed E-state index contributed by atoms with van der Waals surface area (Å²) in [5, 5.41) is 26.8. The molecule has 4 aromatic rings. The molecule has 4 N–H and O–H groups in total. The van der Waals surface area contributed by atoms with Crippen LogP contribution in [0, 0.1) is 0 Å². The molecule has 12 nitrogen and oxygen atoms in total. The van der Waals surface area contributed by atoms with Crippen molar-refractivity contribution in [1.82, 2.24) is 24.8 Å². The van der Waals surface area contributed by atoms with Gasteiger partial charge in [0.15, 0.2) is 23.2 Å². The number of anilines is 1. The lowest BCUT2D eigenvalue weighted by atomic mass is 10.1. The minimum atomic E-state index is -1.20. The fourth-order valence-corrected chi connectivity index (χ4v) is 4.41. The average molecular weight is 521 g/mol. The first-order chi connectivity index (χ1) is 18.5. The van der Waals surface area contributed by atoms with E-state index in [4.69, 9.17) is 14.2 Å². The summed E-state index contributed by atoms with van der Waals surface area (Å²) in [6, 6.07) is 13.7. The fraction of sp³-hybridized carbons (Fsp3) is 0.308. The maximum atomic E-state index is 13.2. The second kappa shape index (κ2) is 11.0. The number of aliphatic hydroxyl groups is 2. The molecule has 0 saturated carbocycles. The molecule has 12 heteroatoms. The van der Waals surface area contributed by atoms with Gasteiger partial charge in [-0.2, -0.15) is 0 Å². The van der Waals surface area contributed by atoms with Gasteiger partial charge in [-0.05, 0) is 17.7 Å². The summed E-state index contributed by atoms with van der Waals surface area (Å²) in [5.74, 6) is 0.923. The zero-order valence-electron chi connectivity index (χ0n) is 20.8. The summed E-state index contributed by atoms with van der Waals surface area (Å²) in [6.07, 6.45) is -0.117.